The molecule has 92 valence electrons. The van der Waals surface area contributed by atoms with Gasteiger partial charge >= 0.3 is 0 Å². The van der Waals surface area contributed by atoms with Crippen LogP contribution < -0.4 is 5.32 Å². The molecule has 0 aliphatic heterocycles. The Kier molecular flexibility index (Phi) is 4.18. The van der Waals surface area contributed by atoms with E-state index in [-0.39, 0.29) is 11.8 Å². The van der Waals surface area contributed by atoms with E-state index < -0.39 is 0 Å². The average molecular weight is 231 g/mol. The first-order valence-electron chi connectivity index (χ1n) is 6.59. The monoisotopic (exact) mass is 231 g/mol. The predicted molar refractivity (Wildman–Crippen MR) is 69.9 cm³/mol. The highest BCUT2D eigenvalue weighted by Gasteiger charge is 2.21. The molecule has 0 bridgehead atoms. The molecular formula is C15H21NO. The summed E-state index contributed by atoms with van der Waals surface area (Å²) in [5, 5.41) is 3.06. The maximum Gasteiger partial charge on any atom is 0.223 e. The molecule has 1 N–H and O–H groups in total. The molecular weight excluding hydrogens is 210 g/mol. The van der Waals surface area contributed by atoms with Gasteiger partial charge in [0, 0.05) is 12.5 Å². The SMILES string of the molecule is Cc1ccccc1CCNC(=O)C1CCCC1. The van der Waals surface area contributed by atoms with Crippen LogP contribution in [0.3, 0.4) is 0 Å². The fourth-order valence-corrected chi connectivity index (χ4v) is 2.54. The van der Waals surface area contributed by atoms with E-state index in [2.05, 4.69) is 36.5 Å². The van der Waals surface area contributed by atoms with Crippen molar-refractivity contribution in [2.75, 3.05) is 6.54 Å². The molecule has 0 spiro atoms. The first-order valence-corrected chi connectivity index (χ1v) is 6.59. The lowest BCUT2D eigenvalue weighted by Gasteiger charge is -2.11. The van der Waals surface area contributed by atoms with Crippen molar-refractivity contribution < 1.29 is 4.79 Å². The third-order valence-corrected chi connectivity index (χ3v) is 3.68. The summed E-state index contributed by atoms with van der Waals surface area (Å²) in [7, 11) is 0. The molecule has 1 aliphatic carbocycles. The molecule has 1 aromatic carbocycles. The molecule has 2 rings (SSSR count). The van der Waals surface area contributed by atoms with Crippen LogP contribution in [-0.2, 0) is 11.2 Å². The van der Waals surface area contributed by atoms with E-state index in [9.17, 15) is 4.79 Å². The number of benzene rings is 1. The minimum atomic E-state index is 0.260. The van der Waals surface area contributed by atoms with Gasteiger partial charge in [0.05, 0.1) is 0 Å². The summed E-state index contributed by atoms with van der Waals surface area (Å²) >= 11 is 0. The lowest BCUT2D eigenvalue weighted by atomic mass is 10.1. The van der Waals surface area contributed by atoms with Crippen molar-refractivity contribution in [3.8, 4) is 0 Å². The zero-order valence-corrected chi connectivity index (χ0v) is 10.5. The topological polar surface area (TPSA) is 29.1 Å². The highest BCUT2D eigenvalue weighted by atomic mass is 16.1. The number of hydrogen-bond donors (Lipinski definition) is 1. The van der Waals surface area contributed by atoms with Gasteiger partial charge in [-0.25, -0.2) is 0 Å². The lowest BCUT2D eigenvalue weighted by Crippen LogP contribution is -2.31. The Morgan fingerprint density at radius 1 is 1.29 bits per heavy atom. The van der Waals surface area contributed by atoms with Gasteiger partial charge in [-0.3, -0.25) is 4.79 Å². The van der Waals surface area contributed by atoms with E-state index >= 15 is 0 Å². The van der Waals surface area contributed by atoms with Crippen molar-refractivity contribution in [2.45, 2.75) is 39.0 Å². The van der Waals surface area contributed by atoms with Crippen LogP contribution in [0.1, 0.15) is 36.8 Å². The molecule has 0 atom stereocenters. The number of carbonyl (C=O) groups is 1. The third-order valence-electron chi connectivity index (χ3n) is 3.68. The molecule has 1 amide bonds. The smallest absolute Gasteiger partial charge is 0.223 e. The fourth-order valence-electron chi connectivity index (χ4n) is 2.54. The molecule has 0 radical (unpaired) electrons. The van der Waals surface area contributed by atoms with E-state index in [1.807, 2.05) is 0 Å². The minimum absolute atomic E-state index is 0.260. The van der Waals surface area contributed by atoms with E-state index in [1.54, 1.807) is 0 Å². The van der Waals surface area contributed by atoms with Crippen LogP contribution in [-0.4, -0.2) is 12.5 Å². The second kappa shape index (κ2) is 5.85. The molecule has 1 aliphatic rings. The highest BCUT2D eigenvalue weighted by molar-refractivity contribution is 5.78. The number of hydrogen-bond acceptors (Lipinski definition) is 1. The standard InChI is InChI=1S/C15H21NO/c1-12-6-2-3-7-13(12)10-11-16-15(17)14-8-4-5-9-14/h2-3,6-7,14H,4-5,8-11H2,1H3,(H,16,17). The van der Waals surface area contributed by atoms with Crippen LogP contribution in [0.2, 0.25) is 0 Å². The van der Waals surface area contributed by atoms with Crippen molar-refractivity contribution in [1.29, 1.82) is 0 Å². The number of aryl methyl sites for hydroxylation is 1. The Morgan fingerprint density at radius 2 is 2.00 bits per heavy atom. The summed E-state index contributed by atoms with van der Waals surface area (Å²) in [6.07, 6.45) is 5.53. The lowest BCUT2D eigenvalue weighted by molar-refractivity contribution is -0.124. The quantitative estimate of drug-likeness (QED) is 0.848. The van der Waals surface area contributed by atoms with Gasteiger partial charge in [0.2, 0.25) is 5.91 Å². The zero-order chi connectivity index (χ0) is 12.1. The van der Waals surface area contributed by atoms with Gasteiger partial charge in [0.25, 0.3) is 0 Å². The molecule has 1 aromatic rings. The van der Waals surface area contributed by atoms with Crippen LogP contribution in [0.15, 0.2) is 24.3 Å². The van der Waals surface area contributed by atoms with Gasteiger partial charge in [0.15, 0.2) is 0 Å². The number of amides is 1. The molecule has 0 saturated heterocycles. The van der Waals surface area contributed by atoms with Crippen LogP contribution >= 0.6 is 0 Å². The van der Waals surface area contributed by atoms with Crippen LogP contribution in [0.5, 0.6) is 0 Å². The van der Waals surface area contributed by atoms with Gasteiger partial charge < -0.3 is 5.32 Å². The third kappa shape index (κ3) is 3.32. The first-order chi connectivity index (χ1) is 8.27. The predicted octanol–water partition coefficient (Wildman–Crippen LogP) is 2.84. The van der Waals surface area contributed by atoms with Crippen molar-refractivity contribution in [3.63, 3.8) is 0 Å². The summed E-state index contributed by atoms with van der Waals surface area (Å²) < 4.78 is 0. The fraction of sp³-hybridized carbons (Fsp3) is 0.533. The Labute approximate surface area is 103 Å². The summed E-state index contributed by atoms with van der Waals surface area (Å²) in [6, 6.07) is 8.36. The maximum atomic E-state index is 11.8. The molecule has 17 heavy (non-hydrogen) atoms. The van der Waals surface area contributed by atoms with Crippen LogP contribution in [0.4, 0.5) is 0 Å². The molecule has 2 nitrogen and oxygen atoms in total. The van der Waals surface area contributed by atoms with E-state index in [0.29, 0.717) is 0 Å². The normalized spacial score (nSPS) is 16.1. The Morgan fingerprint density at radius 3 is 2.71 bits per heavy atom. The molecule has 1 saturated carbocycles. The van der Waals surface area contributed by atoms with Crippen molar-refractivity contribution in [3.05, 3.63) is 35.4 Å². The van der Waals surface area contributed by atoms with Gasteiger partial charge in [-0.1, -0.05) is 37.1 Å². The molecule has 1 fully saturated rings. The number of nitrogens with one attached hydrogen (secondary N) is 1. The largest absolute Gasteiger partial charge is 0.356 e. The van der Waals surface area contributed by atoms with Crippen LogP contribution in [0.25, 0.3) is 0 Å². The van der Waals surface area contributed by atoms with Gasteiger partial charge in [-0.15, -0.1) is 0 Å². The number of rotatable bonds is 4. The minimum Gasteiger partial charge on any atom is -0.356 e. The van der Waals surface area contributed by atoms with E-state index in [4.69, 9.17) is 0 Å². The summed E-state index contributed by atoms with van der Waals surface area (Å²) in [6.45, 7) is 2.88. The van der Waals surface area contributed by atoms with Crippen molar-refractivity contribution in [1.82, 2.24) is 5.32 Å². The number of carbonyl (C=O) groups excluding carboxylic acids is 1. The Hall–Kier alpha value is -1.31. The van der Waals surface area contributed by atoms with Gasteiger partial charge in [0.1, 0.15) is 0 Å². The van der Waals surface area contributed by atoms with Crippen molar-refractivity contribution >= 4 is 5.91 Å². The van der Waals surface area contributed by atoms with Crippen molar-refractivity contribution in [2.24, 2.45) is 5.92 Å². The summed E-state index contributed by atoms with van der Waals surface area (Å²) in [5.41, 5.74) is 2.64. The van der Waals surface area contributed by atoms with E-state index in [0.717, 1.165) is 25.8 Å². The summed E-state index contributed by atoms with van der Waals surface area (Å²) in [5.74, 6) is 0.544. The average Bonchev–Trinajstić information content (AvgIpc) is 2.85. The second-order valence-electron chi connectivity index (χ2n) is 4.95. The molecule has 0 aromatic heterocycles. The highest BCUT2D eigenvalue weighted by Crippen LogP contribution is 2.24. The Balaban J connectivity index is 1.76. The maximum absolute atomic E-state index is 11.8. The zero-order valence-electron chi connectivity index (χ0n) is 10.5. The van der Waals surface area contributed by atoms with Gasteiger partial charge in [-0.2, -0.15) is 0 Å². The summed E-state index contributed by atoms with van der Waals surface area (Å²) in [4.78, 5) is 11.8. The Bertz CT molecular complexity index is 380. The molecule has 2 heteroatoms. The first kappa shape index (κ1) is 12.2. The van der Waals surface area contributed by atoms with Crippen LogP contribution in [0, 0.1) is 12.8 Å². The van der Waals surface area contributed by atoms with E-state index in [1.165, 1.54) is 24.0 Å². The molecule has 0 unspecified atom stereocenters. The second-order valence-corrected chi connectivity index (χ2v) is 4.95. The van der Waals surface area contributed by atoms with Gasteiger partial charge in [-0.05, 0) is 37.3 Å². The molecule has 0 heterocycles.